The molecule has 0 unspecified atom stereocenters. The molecule has 4 rings (SSSR count). The number of likely N-dealkylation sites (tertiary alicyclic amines) is 1. The standard InChI is InChI=1S/C18H19N5O2/c19-17(24)16-10-15(21-22-16)11-4-7-23(8-5-11)18(25)13-1-2-14-12(9-13)3-6-20-14/h1-3,6,9-11,20H,4-5,7-8H2,(H2,19,24)(H,21,22). The predicted molar refractivity (Wildman–Crippen MR) is 93.3 cm³/mol. The first-order valence-electron chi connectivity index (χ1n) is 8.33. The number of carbonyl (C=O) groups excluding carboxylic acids is 2. The van der Waals surface area contributed by atoms with Crippen molar-refractivity contribution in [1.29, 1.82) is 0 Å². The lowest BCUT2D eigenvalue weighted by Gasteiger charge is -2.31. The summed E-state index contributed by atoms with van der Waals surface area (Å²) in [4.78, 5) is 28.9. The van der Waals surface area contributed by atoms with Gasteiger partial charge in [-0.25, -0.2) is 0 Å². The quantitative estimate of drug-likeness (QED) is 0.680. The molecule has 1 aliphatic heterocycles. The van der Waals surface area contributed by atoms with Gasteiger partial charge in [-0.15, -0.1) is 0 Å². The van der Waals surface area contributed by atoms with Crippen LogP contribution in [0.2, 0.25) is 0 Å². The van der Waals surface area contributed by atoms with E-state index >= 15 is 0 Å². The van der Waals surface area contributed by atoms with Crippen LogP contribution in [-0.4, -0.2) is 45.0 Å². The molecular formula is C18H19N5O2. The second-order valence-electron chi connectivity index (χ2n) is 6.42. The topological polar surface area (TPSA) is 108 Å². The Kier molecular flexibility index (Phi) is 3.76. The summed E-state index contributed by atoms with van der Waals surface area (Å²) in [6.07, 6.45) is 3.53. The Labute approximate surface area is 144 Å². The molecule has 2 aromatic heterocycles. The number of piperidine rings is 1. The van der Waals surface area contributed by atoms with Gasteiger partial charge < -0.3 is 15.6 Å². The van der Waals surface area contributed by atoms with Gasteiger partial charge in [-0.05, 0) is 43.2 Å². The molecule has 3 heterocycles. The normalized spacial score (nSPS) is 15.6. The lowest BCUT2D eigenvalue weighted by atomic mass is 9.93. The second kappa shape index (κ2) is 6.08. The Bertz CT molecular complexity index is 934. The summed E-state index contributed by atoms with van der Waals surface area (Å²) < 4.78 is 0. The van der Waals surface area contributed by atoms with Crippen molar-refractivity contribution in [2.45, 2.75) is 18.8 Å². The minimum Gasteiger partial charge on any atom is -0.364 e. The molecule has 4 N–H and O–H groups in total. The highest BCUT2D eigenvalue weighted by Gasteiger charge is 2.26. The van der Waals surface area contributed by atoms with Gasteiger partial charge in [0.25, 0.3) is 11.8 Å². The van der Waals surface area contributed by atoms with E-state index in [1.54, 1.807) is 6.07 Å². The highest BCUT2D eigenvalue weighted by atomic mass is 16.2. The summed E-state index contributed by atoms with van der Waals surface area (Å²) in [7, 11) is 0. The molecule has 7 nitrogen and oxygen atoms in total. The van der Waals surface area contributed by atoms with Crippen LogP contribution in [0.3, 0.4) is 0 Å². The van der Waals surface area contributed by atoms with Gasteiger partial charge in [-0.1, -0.05) is 0 Å². The van der Waals surface area contributed by atoms with Gasteiger partial charge in [-0.2, -0.15) is 5.10 Å². The van der Waals surface area contributed by atoms with Gasteiger partial charge in [0.1, 0.15) is 5.69 Å². The molecule has 0 aliphatic carbocycles. The molecule has 128 valence electrons. The third-order valence-corrected chi connectivity index (χ3v) is 4.87. The molecule has 0 radical (unpaired) electrons. The van der Waals surface area contributed by atoms with Crippen LogP contribution in [0, 0.1) is 0 Å². The zero-order chi connectivity index (χ0) is 17.4. The molecule has 0 bridgehead atoms. The third-order valence-electron chi connectivity index (χ3n) is 4.87. The summed E-state index contributed by atoms with van der Waals surface area (Å²) in [5.74, 6) is -0.212. The highest BCUT2D eigenvalue weighted by molar-refractivity contribution is 5.98. The first kappa shape index (κ1) is 15.4. The van der Waals surface area contributed by atoms with Gasteiger partial charge in [-0.3, -0.25) is 14.7 Å². The van der Waals surface area contributed by atoms with Gasteiger partial charge in [0.15, 0.2) is 0 Å². The van der Waals surface area contributed by atoms with E-state index in [-0.39, 0.29) is 17.5 Å². The zero-order valence-electron chi connectivity index (χ0n) is 13.7. The van der Waals surface area contributed by atoms with Crippen LogP contribution in [-0.2, 0) is 0 Å². The van der Waals surface area contributed by atoms with Crippen LogP contribution in [0.5, 0.6) is 0 Å². The van der Waals surface area contributed by atoms with E-state index in [0.717, 1.165) is 29.4 Å². The Morgan fingerprint density at radius 1 is 1.16 bits per heavy atom. The minimum atomic E-state index is -0.532. The Hall–Kier alpha value is -3.09. The molecule has 0 spiro atoms. The largest absolute Gasteiger partial charge is 0.364 e. The number of primary amides is 1. The fourth-order valence-corrected chi connectivity index (χ4v) is 3.43. The summed E-state index contributed by atoms with van der Waals surface area (Å²) in [5.41, 5.74) is 8.15. The van der Waals surface area contributed by atoms with Crippen molar-refractivity contribution in [3.63, 3.8) is 0 Å². The first-order chi connectivity index (χ1) is 12.1. The van der Waals surface area contributed by atoms with Gasteiger partial charge in [0.2, 0.25) is 0 Å². The monoisotopic (exact) mass is 337 g/mol. The van der Waals surface area contributed by atoms with Crippen molar-refractivity contribution < 1.29 is 9.59 Å². The van der Waals surface area contributed by atoms with E-state index in [1.807, 2.05) is 35.4 Å². The summed E-state index contributed by atoms with van der Waals surface area (Å²) in [6, 6.07) is 9.40. The molecule has 2 amide bonds. The smallest absolute Gasteiger partial charge is 0.269 e. The van der Waals surface area contributed by atoms with E-state index in [0.29, 0.717) is 18.7 Å². The van der Waals surface area contributed by atoms with Gasteiger partial charge in [0.05, 0.1) is 0 Å². The van der Waals surface area contributed by atoms with Crippen molar-refractivity contribution in [3.8, 4) is 0 Å². The van der Waals surface area contributed by atoms with E-state index in [9.17, 15) is 9.59 Å². The average molecular weight is 337 g/mol. The zero-order valence-corrected chi connectivity index (χ0v) is 13.7. The number of benzene rings is 1. The van der Waals surface area contributed by atoms with Crippen LogP contribution < -0.4 is 5.73 Å². The number of hydrogen-bond acceptors (Lipinski definition) is 3. The lowest BCUT2D eigenvalue weighted by molar-refractivity contribution is 0.0712. The third kappa shape index (κ3) is 2.88. The van der Waals surface area contributed by atoms with Crippen molar-refractivity contribution in [2.24, 2.45) is 5.73 Å². The van der Waals surface area contributed by atoms with Crippen molar-refractivity contribution in [1.82, 2.24) is 20.1 Å². The molecule has 1 fully saturated rings. The number of aromatic nitrogens is 3. The molecule has 0 saturated carbocycles. The molecule has 0 atom stereocenters. The summed E-state index contributed by atoms with van der Waals surface area (Å²) in [5, 5.41) is 7.86. The van der Waals surface area contributed by atoms with E-state index in [1.165, 1.54) is 0 Å². The fourth-order valence-electron chi connectivity index (χ4n) is 3.43. The maximum Gasteiger partial charge on any atom is 0.269 e. The molecular weight excluding hydrogens is 318 g/mol. The SMILES string of the molecule is NC(=O)c1cc(C2CCN(C(=O)c3ccc4[nH]ccc4c3)CC2)[nH]n1. The van der Waals surface area contributed by atoms with Crippen molar-refractivity contribution in [2.75, 3.05) is 13.1 Å². The average Bonchev–Trinajstić information content (AvgIpc) is 3.30. The van der Waals surface area contributed by atoms with Crippen LogP contribution >= 0.6 is 0 Å². The van der Waals surface area contributed by atoms with Crippen molar-refractivity contribution in [3.05, 3.63) is 53.5 Å². The van der Waals surface area contributed by atoms with Crippen LogP contribution in [0.1, 0.15) is 45.3 Å². The second-order valence-corrected chi connectivity index (χ2v) is 6.42. The number of nitrogens with zero attached hydrogens (tertiary/aromatic N) is 2. The molecule has 3 aromatic rings. The Balaban J connectivity index is 1.43. The number of aromatic amines is 2. The van der Waals surface area contributed by atoms with Crippen LogP contribution in [0.4, 0.5) is 0 Å². The number of carbonyl (C=O) groups is 2. The maximum atomic E-state index is 12.7. The van der Waals surface area contributed by atoms with Crippen molar-refractivity contribution >= 4 is 22.7 Å². The Morgan fingerprint density at radius 2 is 1.96 bits per heavy atom. The first-order valence-corrected chi connectivity index (χ1v) is 8.33. The van der Waals surface area contributed by atoms with Crippen LogP contribution in [0.15, 0.2) is 36.5 Å². The molecule has 1 saturated heterocycles. The lowest BCUT2D eigenvalue weighted by Crippen LogP contribution is -2.38. The number of hydrogen-bond donors (Lipinski definition) is 3. The number of nitrogens with one attached hydrogen (secondary N) is 2. The minimum absolute atomic E-state index is 0.0592. The fraction of sp³-hybridized carbons (Fsp3) is 0.278. The van der Waals surface area contributed by atoms with Gasteiger partial charge in [0, 0.05) is 47.4 Å². The van der Waals surface area contributed by atoms with E-state index in [4.69, 9.17) is 5.73 Å². The predicted octanol–water partition coefficient (Wildman–Crippen LogP) is 2.01. The number of amides is 2. The Morgan fingerprint density at radius 3 is 2.68 bits per heavy atom. The maximum absolute atomic E-state index is 12.7. The molecule has 1 aliphatic rings. The number of fused-ring (bicyclic) bond motifs is 1. The number of nitrogens with two attached hydrogens (primary N) is 1. The summed E-state index contributed by atoms with van der Waals surface area (Å²) in [6.45, 7) is 1.36. The number of H-pyrrole nitrogens is 2. The highest BCUT2D eigenvalue weighted by Crippen LogP contribution is 2.28. The van der Waals surface area contributed by atoms with E-state index in [2.05, 4.69) is 15.2 Å². The van der Waals surface area contributed by atoms with E-state index < -0.39 is 5.91 Å². The van der Waals surface area contributed by atoms with Crippen LogP contribution in [0.25, 0.3) is 10.9 Å². The summed E-state index contributed by atoms with van der Waals surface area (Å²) >= 11 is 0. The molecule has 25 heavy (non-hydrogen) atoms. The van der Waals surface area contributed by atoms with Gasteiger partial charge >= 0.3 is 0 Å². The number of rotatable bonds is 3. The molecule has 1 aromatic carbocycles. The molecule has 7 heteroatoms.